The van der Waals surface area contributed by atoms with E-state index in [1.54, 1.807) is 6.26 Å². The van der Waals surface area contributed by atoms with Gasteiger partial charge in [0.25, 0.3) is 0 Å². The van der Waals surface area contributed by atoms with E-state index in [0.717, 1.165) is 56.3 Å². The van der Waals surface area contributed by atoms with E-state index in [0.29, 0.717) is 0 Å². The van der Waals surface area contributed by atoms with Crippen molar-refractivity contribution < 1.29 is 4.42 Å². The number of pyridine rings is 1. The molecule has 0 fully saturated rings. The summed E-state index contributed by atoms with van der Waals surface area (Å²) in [7, 11) is 0. The molecule has 0 saturated carbocycles. The van der Waals surface area contributed by atoms with Gasteiger partial charge in [-0.1, -0.05) is 54.6 Å². The lowest BCUT2D eigenvalue weighted by Crippen LogP contribution is -2.02. The Morgan fingerprint density at radius 1 is 0.537 bits per heavy atom. The molecule has 9 rings (SSSR count). The van der Waals surface area contributed by atoms with Crippen molar-refractivity contribution in [2.45, 2.75) is 0 Å². The van der Waals surface area contributed by atoms with Crippen molar-refractivity contribution in [3.05, 3.63) is 140 Å². The van der Waals surface area contributed by atoms with Crippen molar-refractivity contribution in [1.82, 2.24) is 14.1 Å². The molecule has 0 N–H and O–H groups in total. The van der Waals surface area contributed by atoms with Crippen LogP contribution in [0.1, 0.15) is 0 Å². The van der Waals surface area contributed by atoms with Crippen LogP contribution in [-0.2, 0) is 0 Å². The Kier molecular flexibility index (Phi) is 4.58. The molecule has 4 heterocycles. The molecule has 0 aliphatic heterocycles. The molecule has 0 atom stereocenters. The summed E-state index contributed by atoms with van der Waals surface area (Å²) in [5, 5.41) is 2.50. The highest BCUT2D eigenvalue weighted by molar-refractivity contribution is 6.09. The van der Waals surface area contributed by atoms with E-state index in [1.165, 1.54) is 21.8 Å². The zero-order chi connectivity index (χ0) is 26.9. The Labute approximate surface area is 236 Å². The minimum atomic E-state index is 0.840. The van der Waals surface area contributed by atoms with E-state index >= 15 is 0 Å². The molecular formula is C37H23N3O. The SMILES string of the molecule is c1ccc(-n2ccc3c2-c2cccnc2-c2ccoc2-c2ccc(-n4c5ccccc5c5ccccc54)cc2-3)cc1. The molecule has 0 amide bonds. The molecule has 1 aliphatic carbocycles. The molecule has 192 valence electrons. The number of aromatic nitrogens is 3. The van der Waals surface area contributed by atoms with Crippen molar-refractivity contribution in [2.24, 2.45) is 0 Å². The van der Waals surface area contributed by atoms with Gasteiger partial charge in [0.1, 0.15) is 5.76 Å². The highest BCUT2D eigenvalue weighted by atomic mass is 16.3. The number of para-hydroxylation sites is 3. The van der Waals surface area contributed by atoms with Gasteiger partial charge in [0.05, 0.1) is 28.7 Å². The molecule has 0 saturated heterocycles. The van der Waals surface area contributed by atoms with Crippen molar-refractivity contribution >= 4 is 21.8 Å². The summed E-state index contributed by atoms with van der Waals surface area (Å²) in [6, 6.07) is 42.9. The largest absolute Gasteiger partial charge is 0.464 e. The fourth-order valence-corrected chi connectivity index (χ4v) is 6.54. The third-order valence-corrected chi connectivity index (χ3v) is 8.28. The normalized spacial score (nSPS) is 11.9. The van der Waals surface area contributed by atoms with Crippen LogP contribution in [0.4, 0.5) is 0 Å². The lowest BCUT2D eigenvalue weighted by molar-refractivity contribution is 0.583. The van der Waals surface area contributed by atoms with E-state index in [2.05, 4.69) is 125 Å². The molecular weight excluding hydrogens is 502 g/mol. The van der Waals surface area contributed by atoms with Crippen molar-refractivity contribution in [3.63, 3.8) is 0 Å². The van der Waals surface area contributed by atoms with Crippen LogP contribution in [0, 0.1) is 0 Å². The molecule has 4 aromatic carbocycles. The van der Waals surface area contributed by atoms with Crippen LogP contribution in [0.3, 0.4) is 0 Å². The number of benzene rings is 4. The summed E-state index contributed by atoms with van der Waals surface area (Å²) in [4.78, 5) is 4.87. The van der Waals surface area contributed by atoms with E-state index in [4.69, 9.17) is 9.40 Å². The highest BCUT2D eigenvalue weighted by Gasteiger charge is 2.28. The Hall–Kier alpha value is -5.61. The van der Waals surface area contributed by atoms with Crippen molar-refractivity contribution in [2.75, 3.05) is 0 Å². The molecule has 0 radical (unpaired) electrons. The van der Waals surface area contributed by atoms with Gasteiger partial charge in [-0.25, -0.2) is 0 Å². The fraction of sp³-hybridized carbons (Fsp3) is 0. The van der Waals surface area contributed by atoms with E-state index in [9.17, 15) is 0 Å². The standard InChI is InChI=1S/C37H23N3O/c1-2-9-24(10-3-1)39-21-18-28-32-23-25(40-33-14-6-4-11-26(33)27-12-5-7-15-34(27)40)16-17-29(32)37-31(19-22-41-37)35-30(36(28)39)13-8-20-38-35/h1-23H. The third kappa shape index (κ3) is 3.13. The summed E-state index contributed by atoms with van der Waals surface area (Å²) in [5.74, 6) is 0.840. The Morgan fingerprint density at radius 2 is 1.29 bits per heavy atom. The second kappa shape index (κ2) is 8.44. The van der Waals surface area contributed by atoms with Crippen molar-refractivity contribution in [3.8, 4) is 56.3 Å². The van der Waals surface area contributed by atoms with E-state index in [-0.39, 0.29) is 0 Å². The van der Waals surface area contributed by atoms with Crippen LogP contribution in [0.5, 0.6) is 0 Å². The third-order valence-electron chi connectivity index (χ3n) is 8.28. The molecule has 0 spiro atoms. The van der Waals surface area contributed by atoms with Crippen LogP contribution in [-0.4, -0.2) is 14.1 Å². The summed E-state index contributed by atoms with van der Waals surface area (Å²) < 4.78 is 10.8. The monoisotopic (exact) mass is 525 g/mol. The quantitative estimate of drug-likeness (QED) is 0.225. The highest BCUT2D eigenvalue weighted by Crippen LogP contribution is 2.49. The van der Waals surface area contributed by atoms with Crippen LogP contribution in [0.15, 0.2) is 144 Å². The minimum absolute atomic E-state index is 0.840. The first kappa shape index (κ1) is 22.2. The summed E-state index contributed by atoms with van der Waals surface area (Å²) in [6.45, 7) is 0. The Balaban J connectivity index is 1.39. The van der Waals surface area contributed by atoms with Crippen LogP contribution in [0.2, 0.25) is 0 Å². The zero-order valence-electron chi connectivity index (χ0n) is 22.0. The van der Waals surface area contributed by atoms with E-state index in [1.807, 2.05) is 18.3 Å². The number of hydrogen-bond donors (Lipinski definition) is 0. The summed E-state index contributed by atoms with van der Waals surface area (Å²) in [6.07, 6.45) is 5.80. The maximum Gasteiger partial charge on any atom is 0.143 e. The number of rotatable bonds is 2. The average Bonchev–Trinajstić information content (AvgIpc) is 3.77. The van der Waals surface area contributed by atoms with Gasteiger partial charge in [0, 0.05) is 56.8 Å². The van der Waals surface area contributed by atoms with Gasteiger partial charge in [0.15, 0.2) is 0 Å². The average molecular weight is 526 g/mol. The van der Waals surface area contributed by atoms with Gasteiger partial charge < -0.3 is 13.6 Å². The predicted octanol–water partition coefficient (Wildman–Crippen LogP) is 9.54. The molecule has 41 heavy (non-hydrogen) atoms. The van der Waals surface area contributed by atoms with Crippen LogP contribution >= 0.6 is 0 Å². The van der Waals surface area contributed by atoms with Gasteiger partial charge in [-0.3, -0.25) is 4.98 Å². The van der Waals surface area contributed by atoms with Gasteiger partial charge in [0.2, 0.25) is 0 Å². The first-order valence-electron chi connectivity index (χ1n) is 13.8. The van der Waals surface area contributed by atoms with Gasteiger partial charge >= 0.3 is 0 Å². The maximum absolute atomic E-state index is 6.20. The Morgan fingerprint density at radius 3 is 2.10 bits per heavy atom. The summed E-state index contributed by atoms with van der Waals surface area (Å²) >= 11 is 0. The van der Waals surface area contributed by atoms with Gasteiger partial charge in [-0.2, -0.15) is 0 Å². The molecule has 0 unspecified atom stereocenters. The maximum atomic E-state index is 6.20. The summed E-state index contributed by atoms with van der Waals surface area (Å²) in [5.41, 5.74) is 12.0. The number of nitrogens with zero attached hydrogens (tertiary/aromatic N) is 3. The second-order valence-corrected chi connectivity index (χ2v) is 10.4. The van der Waals surface area contributed by atoms with Gasteiger partial charge in [-0.05, 0) is 72.3 Å². The van der Waals surface area contributed by atoms with Crippen LogP contribution in [0.25, 0.3) is 78.1 Å². The smallest absolute Gasteiger partial charge is 0.143 e. The molecule has 4 nitrogen and oxygen atoms in total. The lowest BCUT2D eigenvalue weighted by atomic mass is 9.89. The van der Waals surface area contributed by atoms with Gasteiger partial charge in [-0.15, -0.1) is 0 Å². The molecule has 0 bridgehead atoms. The zero-order valence-corrected chi connectivity index (χ0v) is 22.0. The van der Waals surface area contributed by atoms with Crippen LogP contribution < -0.4 is 0 Å². The predicted molar refractivity (Wildman–Crippen MR) is 165 cm³/mol. The first-order valence-corrected chi connectivity index (χ1v) is 13.8. The second-order valence-electron chi connectivity index (χ2n) is 10.4. The number of fused-ring (bicyclic) bond motifs is 11. The molecule has 4 aromatic heterocycles. The fourth-order valence-electron chi connectivity index (χ4n) is 6.54. The number of hydrogen-bond acceptors (Lipinski definition) is 2. The molecule has 1 aliphatic rings. The van der Waals surface area contributed by atoms with Crippen molar-refractivity contribution in [1.29, 1.82) is 0 Å². The topological polar surface area (TPSA) is 35.9 Å². The first-order chi connectivity index (χ1) is 20.4. The molecule has 8 aromatic rings. The molecule has 4 heteroatoms. The van der Waals surface area contributed by atoms with E-state index < -0.39 is 0 Å². The Bertz CT molecular complexity index is 2210. The lowest BCUT2D eigenvalue weighted by Gasteiger charge is -2.20. The minimum Gasteiger partial charge on any atom is -0.464 e. The number of furan rings is 1.